The van der Waals surface area contributed by atoms with Crippen LogP contribution in [0.3, 0.4) is 0 Å². The fourth-order valence-electron chi connectivity index (χ4n) is 3.41. The second kappa shape index (κ2) is 4.35. The Morgan fingerprint density at radius 1 is 1.35 bits per heavy atom. The van der Waals surface area contributed by atoms with Gasteiger partial charge in [0.1, 0.15) is 5.75 Å². The SMILES string of the molecule is CCN1C(=S)NC2c3cc(C)c(C)cc3OC1(C)C2C. The van der Waals surface area contributed by atoms with E-state index in [9.17, 15) is 0 Å². The number of fused-ring (bicyclic) bond motifs is 4. The molecule has 2 aliphatic rings. The first kappa shape index (κ1) is 13.7. The molecule has 0 spiro atoms. The second-order valence-electron chi connectivity index (χ2n) is 6.09. The minimum absolute atomic E-state index is 0.235. The number of nitrogens with one attached hydrogen (secondary N) is 1. The predicted molar refractivity (Wildman–Crippen MR) is 85.0 cm³/mol. The largest absolute Gasteiger partial charge is 0.467 e. The smallest absolute Gasteiger partial charge is 0.186 e. The number of aryl methyl sites for hydroxylation is 2. The van der Waals surface area contributed by atoms with Crippen molar-refractivity contribution >= 4 is 17.3 Å². The van der Waals surface area contributed by atoms with Gasteiger partial charge in [-0.2, -0.15) is 0 Å². The number of nitrogens with zero attached hydrogens (tertiary/aromatic N) is 1. The van der Waals surface area contributed by atoms with Crippen LogP contribution in [0, 0.1) is 19.8 Å². The van der Waals surface area contributed by atoms with Gasteiger partial charge in [-0.1, -0.05) is 13.0 Å². The van der Waals surface area contributed by atoms with Crippen LogP contribution in [0.25, 0.3) is 0 Å². The van der Waals surface area contributed by atoms with Crippen molar-refractivity contribution < 1.29 is 4.74 Å². The van der Waals surface area contributed by atoms with E-state index >= 15 is 0 Å². The van der Waals surface area contributed by atoms with Crippen molar-refractivity contribution in [2.75, 3.05) is 6.54 Å². The first-order valence-corrected chi connectivity index (χ1v) is 7.67. The van der Waals surface area contributed by atoms with Gasteiger partial charge >= 0.3 is 0 Å². The number of hydrogen-bond acceptors (Lipinski definition) is 2. The van der Waals surface area contributed by atoms with Gasteiger partial charge in [-0.3, -0.25) is 0 Å². The lowest BCUT2D eigenvalue weighted by Gasteiger charge is -2.56. The normalized spacial score (nSPS) is 31.4. The minimum Gasteiger partial charge on any atom is -0.467 e. The highest BCUT2D eigenvalue weighted by atomic mass is 32.1. The van der Waals surface area contributed by atoms with Crippen molar-refractivity contribution in [3.63, 3.8) is 0 Å². The van der Waals surface area contributed by atoms with E-state index in [4.69, 9.17) is 17.0 Å². The third kappa shape index (κ3) is 1.67. The van der Waals surface area contributed by atoms with Crippen molar-refractivity contribution in [1.29, 1.82) is 0 Å². The molecule has 3 rings (SSSR count). The number of ether oxygens (including phenoxy) is 1. The fourth-order valence-corrected chi connectivity index (χ4v) is 3.85. The molecule has 3 atom stereocenters. The lowest BCUT2D eigenvalue weighted by molar-refractivity contribution is -0.108. The summed E-state index contributed by atoms with van der Waals surface area (Å²) in [7, 11) is 0. The Kier molecular flexibility index (Phi) is 2.98. The van der Waals surface area contributed by atoms with Gasteiger partial charge in [-0.25, -0.2) is 0 Å². The summed E-state index contributed by atoms with van der Waals surface area (Å²) < 4.78 is 6.41. The van der Waals surface area contributed by atoms with Gasteiger partial charge in [0.15, 0.2) is 10.8 Å². The maximum atomic E-state index is 6.41. The number of hydrogen-bond donors (Lipinski definition) is 1. The standard InChI is InChI=1S/C16H22N2OS/c1-6-18-15(20)17-14-11(4)16(18,5)19-13-8-10(3)9(2)7-12(13)14/h7-8,11,14H,6H2,1-5H3,(H,17,20). The lowest BCUT2D eigenvalue weighted by Crippen LogP contribution is -2.68. The summed E-state index contributed by atoms with van der Waals surface area (Å²) in [6.45, 7) is 11.6. The van der Waals surface area contributed by atoms with Crippen molar-refractivity contribution in [2.24, 2.45) is 5.92 Å². The monoisotopic (exact) mass is 290 g/mol. The molecule has 20 heavy (non-hydrogen) atoms. The second-order valence-corrected chi connectivity index (χ2v) is 6.48. The Hall–Kier alpha value is -1.29. The van der Waals surface area contributed by atoms with Crippen LogP contribution >= 0.6 is 12.2 Å². The lowest BCUT2D eigenvalue weighted by atomic mass is 9.80. The highest BCUT2D eigenvalue weighted by Crippen LogP contribution is 2.48. The molecule has 0 aromatic heterocycles. The van der Waals surface area contributed by atoms with E-state index < -0.39 is 0 Å². The molecule has 0 aliphatic carbocycles. The minimum atomic E-state index is -0.365. The fraction of sp³-hybridized carbons (Fsp3) is 0.562. The molecule has 2 heterocycles. The van der Waals surface area contributed by atoms with E-state index in [1.807, 2.05) is 0 Å². The summed E-state index contributed by atoms with van der Waals surface area (Å²) in [6, 6.07) is 4.63. The van der Waals surface area contributed by atoms with Gasteiger partial charge in [-0.15, -0.1) is 0 Å². The Labute approximate surface area is 126 Å². The quantitative estimate of drug-likeness (QED) is 0.802. The van der Waals surface area contributed by atoms with Gasteiger partial charge in [0.2, 0.25) is 0 Å². The van der Waals surface area contributed by atoms with Crippen LogP contribution < -0.4 is 10.1 Å². The summed E-state index contributed by atoms with van der Waals surface area (Å²) >= 11 is 5.53. The summed E-state index contributed by atoms with van der Waals surface area (Å²) in [6.07, 6.45) is 0. The van der Waals surface area contributed by atoms with Gasteiger partial charge < -0.3 is 15.0 Å². The van der Waals surface area contributed by atoms with Crippen molar-refractivity contribution in [3.05, 3.63) is 28.8 Å². The molecule has 2 aliphatic heterocycles. The van der Waals surface area contributed by atoms with Crippen molar-refractivity contribution in [1.82, 2.24) is 10.2 Å². The molecule has 4 heteroatoms. The molecule has 1 aromatic carbocycles. The molecule has 1 fully saturated rings. The molecular formula is C16H22N2OS. The Bertz CT molecular complexity index is 586. The first-order chi connectivity index (χ1) is 9.38. The molecule has 1 saturated heterocycles. The Balaban J connectivity index is 2.17. The van der Waals surface area contributed by atoms with Crippen molar-refractivity contribution in [3.8, 4) is 5.75 Å². The number of benzene rings is 1. The van der Waals surface area contributed by atoms with E-state index in [0.29, 0.717) is 5.92 Å². The Morgan fingerprint density at radius 3 is 2.65 bits per heavy atom. The summed E-state index contributed by atoms with van der Waals surface area (Å²) in [4.78, 5) is 2.15. The van der Waals surface area contributed by atoms with E-state index in [1.165, 1.54) is 16.7 Å². The van der Waals surface area contributed by atoms with E-state index in [2.05, 4.69) is 57.0 Å². The molecule has 108 valence electrons. The van der Waals surface area contributed by atoms with Crippen LogP contribution in [-0.2, 0) is 0 Å². The average Bonchev–Trinajstić information content (AvgIpc) is 2.37. The summed E-state index contributed by atoms with van der Waals surface area (Å²) in [5.74, 6) is 1.33. The van der Waals surface area contributed by atoms with Crippen LogP contribution in [0.5, 0.6) is 5.75 Å². The van der Waals surface area contributed by atoms with Crippen LogP contribution in [0.1, 0.15) is 43.5 Å². The average molecular weight is 290 g/mol. The van der Waals surface area contributed by atoms with Gasteiger partial charge in [0, 0.05) is 18.0 Å². The molecule has 2 bridgehead atoms. The van der Waals surface area contributed by atoms with Crippen LogP contribution in [0.15, 0.2) is 12.1 Å². The van der Waals surface area contributed by atoms with Gasteiger partial charge in [-0.05, 0) is 57.1 Å². The maximum absolute atomic E-state index is 6.41. The molecule has 0 amide bonds. The number of thiocarbonyl (C=S) groups is 1. The van der Waals surface area contributed by atoms with Crippen molar-refractivity contribution in [2.45, 2.75) is 46.4 Å². The van der Waals surface area contributed by atoms with Crippen LogP contribution in [0.2, 0.25) is 0 Å². The highest BCUT2D eigenvalue weighted by Gasteiger charge is 2.52. The molecule has 1 aromatic rings. The zero-order valence-corrected chi connectivity index (χ0v) is 13.6. The molecule has 3 nitrogen and oxygen atoms in total. The molecule has 1 N–H and O–H groups in total. The van der Waals surface area contributed by atoms with Gasteiger partial charge in [0.25, 0.3) is 0 Å². The van der Waals surface area contributed by atoms with Gasteiger partial charge in [0.05, 0.1) is 6.04 Å². The van der Waals surface area contributed by atoms with E-state index in [1.54, 1.807) is 0 Å². The van der Waals surface area contributed by atoms with Crippen LogP contribution in [-0.4, -0.2) is 22.3 Å². The molecular weight excluding hydrogens is 268 g/mol. The summed E-state index contributed by atoms with van der Waals surface area (Å²) in [5, 5.41) is 4.30. The maximum Gasteiger partial charge on any atom is 0.186 e. The zero-order valence-electron chi connectivity index (χ0n) is 12.8. The molecule has 0 radical (unpaired) electrons. The first-order valence-electron chi connectivity index (χ1n) is 7.26. The molecule has 0 saturated carbocycles. The third-order valence-electron chi connectivity index (χ3n) is 5.00. The number of rotatable bonds is 1. The predicted octanol–water partition coefficient (Wildman–Crippen LogP) is 3.30. The van der Waals surface area contributed by atoms with E-state index in [-0.39, 0.29) is 11.8 Å². The van der Waals surface area contributed by atoms with E-state index in [0.717, 1.165) is 17.4 Å². The topological polar surface area (TPSA) is 24.5 Å². The zero-order chi connectivity index (χ0) is 14.7. The van der Waals surface area contributed by atoms with Crippen LogP contribution in [0.4, 0.5) is 0 Å². The molecule has 3 unspecified atom stereocenters. The Morgan fingerprint density at radius 2 is 2.00 bits per heavy atom. The highest BCUT2D eigenvalue weighted by molar-refractivity contribution is 7.80. The summed E-state index contributed by atoms with van der Waals surface area (Å²) in [5.41, 5.74) is 3.44. The third-order valence-corrected chi connectivity index (χ3v) is 5.34.